The predicted octanol–water partition coefficient (Wildman–Crippen LogP) is 1.68. The molecule has 4 saturated carbocycles. The van der Waals surface area contributed by atoms with E-state index in [1.165, 1.54) is 38.5 Å². The smallest absolute Gasteiger partial charge is 0.239 e. The minimum atomic E-state index is -0.531. The minimum absolute atomic E-state index is 0.0726. The van der Waals surface area contributed by atoms with Gasteiger partial charge in [0.1, 0.15) is 6.04 Å². The Labute approximate surface area is 121 Å². The largest absolute Gasteiger partial charge is 0.383 e. The molecule has 0 saturated heterocycles. The van der Waals surface area contributed by atoms with Crippen LogP contribution in [0.1, 0.15) is 44.9 Å². The molecular weight excluding hydrogens is 252 g/mol. The molecule has 1 amide bonds. The lowest BCUT2D eigenvalue weighted by atomic mass is 9.49. The number of rotatable bonds is 6. The summed E-state index contributed by atoms with van der Waals surface area (Å²) in [6.45, 7) is 1.08. The molecule has 4 heteroatoms. The molecule has 4 nitrogen and oxygen atoms in total. The van der Waals surface area contributed by atoms with E-state index in [1.54, 1.807) is 7.11 Å². The number of ether oxygens (including phenoxy) is 1. The molecule has 0 aromatic heterocycles. The van der Waals surface area contributed by atoms with Gasteiger partial charge in [-0.1, -0.05) is 0 Å². The van der Waals surface area contributed by atoms with Crippen LogP contribution in [-0.4, -0.2) is 32.2 Å². The number of methoxy groups -OCH3 is 1. The number of amides is 1. The molecule has 4 bridgehead atoms. The molecule has 4 aliphatic rings. The van der Waals surface area contributed by atoms with Crippen LogP contribution in [0.5, 0.6) is 0 Å². The molecule has 4 rings (SSSR count). The number of nitrogens with two attached hydrogens (primary N) is 1. The molecule has 0 radical (unpaired) electrons. The zero-order chi connectivity index (χ0) is 14.2. The van der Waals surface area contributed by atoms with E-state index in [-0.39, 0.29) is 5.91 Å². The fraction of sp³-hybridized carbons (Fsp3) is 0.938. The van der Waals surface area contributed by atoms with Crippen molar-refractivity contribution in [2.24, 2.45) is 28.9 Å². The van der Waals surface area contributed by atoms with Crippen molar-refractivity contribution in [2.75, 3.05) is 20.3 Å². The van der Waals surface area contributed by atoms with Crippen molar-refractivity contribution in [3.8, 4) is 0 Å². The maximum absolute atomic E-state index is 11.8. The van der Waals surface area contributed by atoms with Crippen molar-refractivity contribution in [1.82, 2.24) is 5.32 Å². The highest BCUT2D eigenvalue weighted by Crippen LogP contribution is 2.61. The van der Waals surface area contributed by atoms with E-state index in [4.69, 9.17) is 10.5 Å². The van der Waals surface area contributed by atoms with E-state index in [2.05, 4.69) is 5.32 Å². The maximum atomic E-state index is 11.8. The Hall–Kier alpha value is -0.610. The average molecular weight is 280 g/mol. The maximum Gasteiger partial charge on any atom is 0.239 e. The van der Waals surface area contributed by atoms with Gasteiger partial charge < -0.3 is 15.8 Å². The van der Waals surface area contributed by atoms with Gasteiger partial charge in [-0.2, -0.15) is 0 Å². The van der Waals surface area contributed by atoms with Crippen LogP contribution < -0.4 is 11.1 Å². The molecule has 0 aliphatic heterocycles. The van der Waals surface area contributed by atoms with Gasteiger partial charge in [-0.05, 0) is 68.1 Å². The summed E-state index contributed by atoms with van der Waals surface area (Å²) in [5.74, 6) is 2.87. The monoisotopic (exact) mass is 280 g/mol. The third kappa shape index (κ3) is 2.86. The SMILES string of the molecule is COCC(N)C(=O)NCCC12CC3CC(CC(C3)C1)C2. The van der Waals surface area contributed by atoms with E-state index in [1.807, 2.05) is 0 Å². The van der Waals surface area contributed by atoms with E-state index < -0.39 is 6.04 Å². The summed E-state index contributed by atoms with van der Waals surface area (Å²) in [5, 5.41) is 3.00. The summed E-state index contributed by atoms with van der Waals surface area (Å²) >= 11 is 0. The van der Waals surface area contributed by atoms with Gasteiger partial charge in [0.05, 0.1) is 6.61 Å². The van der Waals surface area contributed by atoms with Crippen molar-refractivity contribution < 1.29 is 9.53 Å². The van der Waals surface area contributed by atoms with Crippen molar-refractivity contribution in [3.05, 3.63) is 0 Å². The Kier molecular flexibility index (Phi) is 4.04. The number of carbonyl (C=O) groups excluding carboxylic acids is 1. The summed E-state index contributed by atoms with van der Waals surface area (Å²) < 4.78 is 4.92. The van der Waals surface area contributed by atoms with Crippen LogP contribution in [0.3, 0.4) is 0 Å². The number of hydrogen-bond donors (Lipinski definition) is 2. The molecule has 4 aliphatic carbocycles. The lowest BCUT2D eigenvalue weighted by Crippen LogP contribution is -2.48. The zero-order valence-corrected chi connectivity index (χ0v) is 12.6. The van der Waals surface area contributed by atoms with E-state index in [0.29, 0.717) is 12.0 Å². The first-order chi connectivity index (χ1) is 9.60. The molecule has 3 N–H and O–H groups in total. The highest BCUT2D eigenvalue weighted by atomic mass is 16.5. The molecule has 1 atom stereocenters. The van der Waals surface area contributed by atoms with Gasteiger partial charge in [0.15, 0.2) is 0 Å². The van der Waals surface area contributed by atoms with E-state index >= 15 is 0 Å². The lowest BCUT2D eigenvalue weighted by molar-refractivity contribution is -0.123. The molecule has 114 valence electrons. The quantitative estimate of drug-likeness (QED) is 0.778. The van der Waals surface area contributed by atoms with E-state index in [0.717, 1.165) is 30.7 Å². The lowest BCUT2D eigenvalue weighted by Gasteiger charge is -2.57. The molecule has 0 aromatic rings. The molecule has 1 unspecified atom stereocenters. The topological polar surface area (TPSA) is 64.3 Å². The van der Waals surface area contributed by atoms with Gasteiger partial charge >= 0.3 is 0 Å². The predicted molar refractivity (Wildman–Crippen MR) is 78.1 cm³/mol. The molecule has 0 heterocycles. The Morgan fingerprint density at radius 3 is 2.30 bits per heavy atom. The van der Waals surface area contributed by atoms with Crippen LogP contribution in [0.4, 0.5) is 0 Å². The summed E-state index contributed by atoms with van der Waals surface area (Å²) in [5.41, 5.74) is 6.27. The second kappa shape index (κ2) is 5.64. The van der Waals surface area contributed by atoms with Gasteiger partial charge in [0, 0.05) is 13.7 Å². The van der Waals surface area contributed by atoms with Crippen LogP contribution in [0.15, 0.2) is 0 Å². The minimum Gasteiger partial charge on any atom is -0.383 e. The Morgan fingerprint density at radius 2 is 1.80 bits per heavy atom. The molecule has 0 spiro atoms. The Balaban J connectivity index is 1.48. The summed E-state index contributed by atoms with van der Waals surface area (Å²) in [7, 11) is 1.57. The number of carbonyl (C=O) groups is 1. The van der Waals surface area contributed by atoms with Crippen LogP contribution in [0, 0.1) is 23.2 Å². The normalized spacial score (nSPS) is 39.8. The van der Waals surface area contributed by atoms with Crippen LogP contribution in [0.2, 0.25) is 0 Å². The fourth-order valence-electron chi connectivity index (χ4n) is 5.43. The first kappa shape index (κ1) is 14.3. The molecular formula is C16H28N2O2. The summed E-state index contributed by atoms with van der Waals surface area (Å²) in [6, 6.07) is -0.531. The average Bonchev–Trinajstić information content (AvgIpc) is 2.36. The summed E-state index contributed by atoms with van der Waals surface area (Å²) in [4.78, 5) is 11.8. The van der Waals surface area contributed by atoms with Crippen molar-refractivity contribution in [2.45, 2.75) is 51.0 Å². The standard InChI is InChI=1S/C16H28N2O2/c1-20-10-14(17)15(19)18-3-2-16-7-11-4-12(8-16)6-13(5-11)9-16/h11-14H,2-10,17H2,1H3,(H,18,19). The second-order valence-corrected chi connectivity index (χ2v) is 7.52. The van der Waals surface area contributed by atoms with Gasteiger partial charge in [-0.3, -0.25) is 4.79 Å². The molecule has 20 heavy (non-hydrogen) atoms. The van der Waals surface area contributed by atoms with E-state index in [9.17, 15) is 4.79 Å². The highest BCUT2D eigenvalue weighted by molar-refractivity contribution is 5.81. The molecule has 4 fully saturated rings. The Bertz CT molecular complexity index is 334. The second-order valence-electron chi connectivity index (χ2n) is 7.52. The molecule has 0 aromatic carbocycles. The van der Waals surface area contributed by atoms with Crippen molar-refractivity contribution in [1.29, 1.82) is 0 Å². The van der Waals surface area contributed by atoms with Crippen LogP contribution >= 0.6 is 0 Å². The first-order valence-electron chi connectivity index (χ1n) is 8.12. The fourth-order valence-corrected chi connectivity index (χ4v) is 5.43. The third-order valence-electron chi connectivity index (χ3n) is 5.80. The van der Waals surface area contributed by atoms with Gasteiger partial charge in [-0.25, -0.2) is 0 Å². The third-order valence-corrected chi connectivity index (χ3v) is 5.80. The van der Waals surface area contributed by atoms with Crippen LogP contribution in [0.25, 0.3) is 0 Å². The number of hydrogen-bond acceptors (Lipinski definition) is 3. The first-order valence-corrected chi connectivity index (χ1v) is 8.12. The number of nitrogens with one attached hydrogen (secondary N) is 1. The Morgan fingerprint density at radius 1 is 1.25 bits per heavy atom. The van der Waals surface area contributed by atoms with Crippen LogP contribution in [-0.2, 0) is 9.53 Å². The van der Waals surface area contributed by atoms with Gasteiger partial charge in [0.2, 0.25) is 5.91 Å². The van der Waals surface area contributed by atoms with Gasteiger partial charge in [-0.15, -0.1) is 0 Å². The zero-order valence-electron chi connectivity index (χ0n) is 12.6. The van der Waals surface area contributed by atoms with Crippen molar-refractivity contribution in [3.63, 3.8) is 0 Å². The summed E-state index contributed by atoms with van der Waals surface area (Å²) in [6.07, 6.45) is 9.78. The van der Waals surface area contributed by atoms with Crippen molar-refractivity contribution >= 4 is 5.91 Å². The van der Waals surface area contributed by atoms with Gasteiger partial charge in [0.25, 0.3) is 0 Å². The highest BCUT2D eigenvalue weighted by Gasteiger charge is 2.50.